The highest BCUT2D eigenvalue weighted by Crippen LogP contribution is 2.37. The highest BCUT2D eigenvalue weighted by Gasteiger charge is 2.36. The minimum Gasteiger partial charge on any atom is -0.322 e. The summed E-state index contributed by atoms with van der Waals surface area (Å²) in [5.74, 6) is -0.244. The molecule has 30 heavy (non-hydrogen) atoms. The smallest absolute Gasteiger partial charge is 0.264 e. The maximum Gasteiger partial charge on any atom is 0.264 e. The van der Waals surface area contributed by atoms with Gasteiger partial charge in [-0.1, -0.05) is 27.5 Å². The quantitative estimate of drug-likeness (QED) is 0.509. The molecule has 0 spiro atoms. The molecular formula is C22H18BrClN2O3S. The molecule has 4 rings (SSSR count). The first kappa shape index (κ1) is 20.9. The van der Waals surface area contributed by atoms with Crippen molar-refractivity contribution in [2.75, 3.05) is 9.62 Å². The molecule has 154 valence electrons. The molecule has 0 fully saturated rings. The molecule has 1 heterocycles. The maximum atomic E-state index is 13.2. The van der Waals surface area contributed by atoms with Crippen molar-refractivity contribution in [3.8, 4) is 0 Å². The summed E-state index contributed by atoms with van der Waals surface area (Å²) in [6, 6.07) is 18.3. The molecule has 5 nitrogen and oxygen atoms in total. The van der Waals surface area contributed by atoms with Gasteiger partial charge in [0.2, 0.25) is 0 Å². The van der Waals surface area contributed by atoms with Crippen molar-refractivity contribution in [2.24, 2.45) is 0 Å². The number of halogens is 2. The number of nitrogens with one attached hydrogen (secondary N) is 1. The molecule has 1 atom stereocenters. The van der Waals surface area contributed by atoms with Crippen molar-refractivity contribution in [3.05, 3.63) is 87.4 Å². The fraction of sp³-hybridized carbons (Fsp3) is 0.136. The lowest BCUT2D eigenvalue weighted by Crippen LogP contribution is -2.35. The lowest BCUT2D eigenvalue weighted by atomic mass is 10.1. The summed E-state index contributed by atoms with van der Waals surface area (Å²) in [5, 5.41) is 3.33. The van der Waals surface area contributed by atoms with Crippen LogP contribution in [0.1, 0.15) is 22.8 Å². The summed E-state index contributed by atoms with van der Waals surface area (Å²) in [7, 11) is -3.73. The number of amides is 1. The predicted octanol–water partition coefficient (Wildman–Crippen LogP) is 5.49. The summed E-state index contributed by atoms with van der Waals surface area (Å²) in [6.45, 7) is 1.86. The molecule has 0 unspecified atom stereocenters. The van der Waals surface area contributed by atoms with Crippen molar-refractivity contribution in [3.63, 3.8) is 0 Å². The van der Waals surface area contributed by atoms with Gasteiger partial charge in [0, 0.05) is 26.8 Å². The van der Waals surface area contributed by atoms with Crippen LogP contribution in [0.4, 0.5) is 11.4 Å². The van der Waals surface area contributed by atoms with E-state index in [0.717, 1.165) is 10.0 Å². The second kappa shape index (κ2) is 8.06. The van der Waals surface area contributed by atoms with Gasteiger partial charge in [-0.2, -0.15) is 0 Å². The lowest BCUT2D eigenvalue weighted by Gasteiger charge is -2.24. The highest BCUT2D eigenvalue weighted by atomic mass is 79.9. The summed E-state index contributed by atoms with van der Waals surface area (Å²) in [4.78, 5) is 12.8. The van der Waals surface area contributed by atoms with E-state index in [0.29, 0.717) is 28.4 Å². The molecule has 8 heteroatoms. The number of anilines is 2. The van der Waals surface area contributed by atoms with E-state index in [1.165, 1.54) is 16.4 Å². The van der Waals surface area contributed by atoms with Gasteiger partial charge < -0.3 is 5.32 Å². The third kappa shape index (κ3) is 3.97. The molecule has 0 aliphatic carbocycles. The Bertz CT molecular complexity index is 1210. The van der Waals surface area contributed by atoms with Crippen LogP contribution >= 0.6 is 27.5 Å². The zero-order valence-electron chi connectivity index (χ0n) is 16.0. The lowest BCUT2D eigenvalue weighted by molar-refractivity contribution is 0.102. The average Bonchev–Trinajstić information content (AvgIpc) is 3.05. The minimum absolute atomic E-state index is 0.184. The van der Waals surface area contributed by atoms with Gasteiger partial charge >= 0.3 is 0 Å². The van der Waals surface area contributed by atoms with Crippen molar-refractivity contribution in [1.82, 2.24) is 0 Å². The van der Waals surface area contributed by atoms with E-state index in [4.69, 9.17) is 11.6 Å². The first-order chi connectivity index (χ1) is 14.3. The molecule has 1 amide bonds. The van der Waals surface area contributed by atoms with Crippen molar-refractivity contribution in [2.45, 2.75) is 24.3 Å². The number of fused-ring (bicyclic) bond motifs is 1. The first-order valence-electron chi connectivity index (χ1n) is 9.25. The Balaban J connectivity index is 1.62. The van der Waals surface area contributed by atoms with E-state index in [1.807, 2.05) is 19.1 Å². The Morgan fingerprint density at radius 2 is 1.73 bits per heavy atom. The fourth-order valence-corrected chi connectivity index (χ4v) is 5.65. The van der Waals surface area contributed by atoms with Crippen LogP contribution in [0.15, 0.2) is 76.1 Å². The SMILES string of the molecule is C[C@H]1Cc2cc(C(=O)Nc3ccc(Br)cc3)ccc2N1S(=O)(=O)c1ccc(Cl)cc1. The van der Waals surface area contributed by atoms with Gasteiger partial charge in [0.1, 0.15) is 0 Å². The Labute approximate surface area is 188 Å². The van der Waals surface area contributed by atoms with Crippen LogP contribution in [0.2, 0.25) is 5.02 Å². The van der Waals surface area contributed by atoms with Crippen LogP contribution in [-0.2, 0) is 16.4 Å². The number of carbonyl (C=O) groups excluding carboxylic acids is 1. The van der Waals surface area contributed by atoms with Crippen LogP contribution in [0, 0.1) is 0 Å². The normalized spacial score (nSPS) is 15.7. The molecule has 1 N–H and O–H groups in total. The van der Waals surface area contributed by atoms with Gasteiger partial charge in [-0.25, -0.2) is 8.42 Å². The second-order valence-electron chi connectivity index (χ2n) is 7.11. The summed E-state index contributed by atoms with van der Waals surface area (Å²) in [5.41, 5.74) is 2.58. The van der Waals surface area contributed by atoms with E-state index in [-0.39, 0.29) is 16.8 Å². The van der Waals surface area contributed by atoms with E-state index in [2.05, 4.69) is 21.2 Å². The number of nitrogens with zero attached hydrogens (tertiary/aromatic N) is 1. The Hall–Kier alpha value is -2.35. The van der Waals surface area contributed by atoms with Crippen molar-refractivity contribution < 1.29 is 13.2 Å². The molecule has 0 aromatic heterocycles. The number of carbonyl (C=O) groups is 1. The van der Waals surface area contributed by atoms with Crippen molar-refractivity contribution in [1.29, 1.82) is 0 Å². The standard InChI is InChI=1S/C22H18BrClN2O3S/c1-14-12-16-13-15(22(27)25-19-7-3-17(23)4-8-19)2-11-21(16)26(14)30(28,29)20-9-5-18(24)6-10-20/h2-11,13-14H,12H2,1H3,(H,25,27)/t14-/m0/s1. The minimum atomic E-state index is -3.73. The van der Waals surface area contributed by atoms with Gasteiger partial charge in [0.25, 0.3) is 15.9 Å². The van der Waals surface area contributed by atoms with E-state index in [9.17, 15) is 13.2 Å². The predicted molar refractivity (Wildman–Crippen MR) is 123 cm³/mol. The van der Waals surface area contributed by atoms with Crippen LogP contribution < -0.4 is 9.62 Å². The van der Waals surface area contributed by atoms with Crippen molar-refractivity contribution >= 4 is 54.8 Å². The van der Waals surface area contributed by atoms with Gasteiger partial charge in [0.15, 0.2) is 0 Å². The molecular weight excluding hydrogens is 488 g/mol. The third-order valence-corrected chi connectivity index (χ3v) is 7.69. The molecule has 3 aromatic rings. The molecule has 1 aliphatic heterocycles. The maximum absolute atomic E-state index is 13.2. The van der Waals surface area contributed by atoms with Gasteiger partial charge in [-0.15, -0.1) is 0 Å². The number of rotatable bonds is 4. The van der Waals surface area contributed by atoms with E-state index in [1.54, 1.807) is 42.5 Å². The van der Waals surface area contributed by atoms with Gasteiger partial charge in [-0.3, -0.25) is 9.10 Å². The number of benzene rings is 3. The van der Waals surface area contributed by atoms with E-state index >= 15 is 0 Å². The van der Waals surface area contributed by atoms with Crippen LogP contribution in [0.5, 0.6) is 0 Å². The molecule has 0 saturated heterocycles. The first-order valence-corrected chi connectivity index (χ1v) is 11.9. The van der Waals surface area contributed by atoms with Crippen LogP contribution in [0.25, 0.3) is 0 Å². The Morgan fingerprint density at radius 1 is 1.07 bits per heavy atom. The monoisotopic (exact) mass is 504 g/mol. The molecule has 1 aliphatic rings. The second-order valence-corrected chi connectivity index (χ2v) is 10.3. The Kier molecular flexibility index (Phi) is 5.61. The summed E-state index contributed by atoms with van der Waals surface area (Å²) >= 11 is 9.26. The molecule has 0 radical (unpaired) electrons. The average molecular weight is 506 g/mol. The summed E-state index contributed by atoms with van der Waals surface area (Å²) in [6.07, 6.45) is 0.529. The number of hydrogen-bond acceptors (Lipinski definition) is 3. The summed E-state index contributed by atoms with van der Waals surface area (Å²) < 4.78 is 28.8. The molecule has 3 aromatic carbocycles. The number of sulfonamides is 1. The van der Waals surface area contributed by atoms with Gasteiger partial charge in [0.05, 0.1) is 10.6 Å². The zero-order valence-corrected chi connectivity index (χ0v) is 19.1. The number of hydrogen-bond donors (Lipinski definition) is 1. The van der Waals surface area contributed by atoms with Crippen LogP contribution in [0.3, 0.4) is 0 Å². The topological polar surface area (TPSA) is 66.5 Å². The third-order valence-electron chi connectivity index (χ3n) is 4.97. The van der Waals surface area contributed by atoms with Crippen LogP contribution in [-0.4, -0.2) is 20.4 Å². The zero-order chi connectivity index (χ0) is 21.5. The Morgan fingerprint density at radius 3 is 2.40 bits per heavy atom. The van der Waals surface area contributed by atoms with Gasteiger partial charge in [-0.05, 0) is 85.6 Å². The molecule has 0 bridgehead atoms. The largest absolute Gasteiger partial charge is 0.322 e. The fourth-order valence-electron chi connectivity index (χ4n) is 3.57. The molecule has 0 saturated carbocycles. The van der Waals surface area contributed by atoms with E-state index < -0.39 is 10.0 Å². The highest BCUT2D eigenvalue weighted by molar-refractivity contribution is 9.10.